The predicted molar refractivity (Wildman–Crippen MR) is 80.4 cm³/mol. The fourth-order valence-corrected chi connectivity index (χ4v) is 4.52. The van der Waals surface area contributed by atoms with Crippen LogP contribution in [-0.4, -0.2) is 22.8 Å². The molecule has 2 atom stereocenters. The molecule has 3 nitrogen and oxygen atoms in total. The summed E-state index contributed by atoms with van der Waals surface area (Å²) in [5.41, 5.74) is 1.04. The Morgan fingerprint density at radius 3 is 2.80 bits per heavy atom. The van der Waals surface area contributed by atoms with Crippen molar-refractivity contribution in [1.29, 1.82) is 0 Å². The Kier molecular flexibility index (Phi) is 2.81. The van der Waals surface area contributed by atoms with Crippen LogP contribution in [0.4, 0.5) is 0 Å². The van der Waals surface area contributed by atoms with Crippen LogP contribution in [0.3, 0.4) is 0 Å². The number of aromatic nitrogens is 1. The number of amides is 1. The van der Waals surface area contributed by atoms with Crippen LogP contribution in [0.15, 0.2) is 24.3 Å². The molecule has 0 saturated heterocycles. The van der Waals surface area contributed by atoms with E-state index in [1.165, 1.54) is 11.1 Å². The number of para-hydroxylation sites is 1. The van der Waals surface area contributed by atoms with E-state index in [0.29, 0.717) is 12.5 Å². The smallest absolute Gasteiger partial charge is 0.225 e. The van der Waals surface area contributed by atoms with E-state index in [1.807, 2.05) is 30.1 Å². The van der Waals surface area contributed by atoms with Crippen LogP contribution < -0.4 is 0 Å². The molecule has 2 fully saturated rings. The highest BCUT2D eigenvalue weighted by atomic mass is 32.1. The van der Waals surface area contributed by atoms with Crippen LogP contribution in [0.5, 0.6) is 0 Å². The van der Waals surface area contributed by atoms with E-state index in [-0.39, 0.29) is 5.92 Å². The van der Waals surface area contributed by atoms with E-state index in [9.17, 15) is 4.79 Å². The Morgan fingerprint density at radius 1 is 1.30 bits per heavy atom. The van der Waals surface area contributed by atoms with Gasteiger partial charge >= 0.3 is 0 Å². The Morgan fingerprint density at radius 2 is 2.05 bits per heavy atom. The van der Waals surface area contributed by atoms with Crippen LogP contribution in [0.2, 0.25) is 0 Å². The molecule has 0 bridgehead atoms. The maximum Gasteiger partial charge on any atom is 0.225 e. The lowest BCUT2D eigenvalue weighted by Gasteiger charge is -2.20. The maximum absolute atomic E-state index is 12.4. The largest absolute Gasteiger partial charge is 0.339 e. The first-order valence-electron chi connectivity index (χ1n) is 7.30. The number of nitrogens with zero attached hydrogens (tertiary/aromatic N) is 2. The van der Waals surface area contributed by atoms with Crippen molar-refractivity contribution in [3.63, 3.8) is 0 Å². The zero-order valence-corrected chi connectivity index (χ0v) is 12.4. The van der Waals surface area contributed by atoms with Crippen LogP contribution in [-0.2, 0) is 11.3 Å². The van der Waals surface area contributed by atoms with Gasteiger partial charge in [-0.15, -0.1) is 11.3 Å². The van der Waals surface area contributed by atoms with Crippen LogP contribution >= 0.6 is 11.3 Å². The Hall–Kier alpha value is -1.42. The molecule has 2 unspecified atom stereocenters. The van der Waals surface area contributed by atoms with Gasteiger partial charge in [-0.3, -0.25) is 4.79 Å². The summed E-state index contributed by atoms with van der Waals surface area (Å²) in [7, 11) is 1.92. The van der Waals surface area contributed by atoms with Gasteiger partial charge in [-0.2, -0.15) is 0 Å². The zero-order chi connectivity index (χ0) is 13.7. The Labute approximate surface area is 122 Å². The van der Waals surface area contributed by atoms with Crippen molar-refractivity contribution in [3.8, 4) is 0 Å². The van der Waals surface area contributed by atoms with Crippen molar-refractivity contribution < 1.29 is 4.79 Å². The molecule has 20 heavy (non-hydrogen) atoms. The second kappa shape index (κ2) is 4.55. The third kappa shape index (κ3) is 2.12. The van der Waals surface area contributed by atoms with Crippen LogP contribution in [0, 0.1) is 17.8 Å². The van der Waals surface area contributed by atoms with Crippen molar-refractivity contribution >= 4 is 27.5 Å². The van der Waals surface area contributed by atoms with Crippen molar-refractivity contribution in [3.05, 3.63) is 29.3 Å². The molecule has 1 amide bonds. The fourth-order valence-electron chi connectivity index (χ4n) is 3.50. The SMILES string of the molecule is CN(Cc1nc2ccccc2s1)C(=O)C1CC2CC2C1. The minimum absolute atomic E-state index is 0.276. The minimum Gasteiger partial charge on any atom is -0.339 e. The number of hydrogen-bond donors (Lipinski definition) is 0. The first-order valence-corrected chi connectivity index (χ1v) is 8.12. The maximum atomic E-state index is 12.4. The molecule has 0 radical (unpaired) electrons. The van der Waals surface area contributed by atoms with Crippen LogP contribution in [0.1, 0.15) is 24.3 Å². The van der Waals surface area contributed by atoms with Gasteiger partial charge in [0.15, 0.2) is 0 Å². The van der Waals surface area contributed by atoms with Gasteiger partial charge in [-0.05, 0) is 43.2 Å². The Balaban J connectivity index is 1.46. The van der Waals surface area contributed by atoms with Gasteiger partial charge in [0.25, 0.3) is 0 Å². The molecule has 104 valence electrons. The number of thiazole rings is 1. The lowest BCUT2D eigenvalue weighted by Crippen LogP contribution is -2.31. The number of fused-ring (bicyclic) bond motifs is 2. The summed E-state index contributed by atoms with van der Waals surface area (Å²) in [6.45, 7) is 0.643. The van der Waals surface area contributed by atoms with E-state index < -0.39 is 0 Å². The average Bonchev–Trinajstić information content (AvgIpc) is 2.88. The summed E-state index contributed by atoms with van der Waals surface area (Å²) in [6.07, 6.45) is 3.60. The van der Waals surface area contributed by atoms with Gasteiger partial charge < -0.3 is 4.90 Å². The highest BCUT2D eigenvalue weighted by Crippen LogP contribution is 2.54. The molecule has 1 aromatic carbocycles. The van der Waals surface area contributed by atoms with Crippen LogP contribution in [0.25, 0.3) is 10.2 Å². The van der Waals surface area contributed by atoms with E-state index >= 15 is 0 Å². The second-order valence-electron chi connectivity index (χ2n) is 6.19. The molecule has 2 aliphatic carbocycles. The third-order valence-corrected chi connectivity index (χ3v) is 5.70. The van der Waals surface area contributed by atoms with Crippen molar-refractivity contribution in [2.45, 2.75) is 25.8 Å². The highest BCUT2D eigenvalue weighted by Gasteiger charge is 2.48. The molecule has 1 aromatic heterocycles. The van der Waals surface area contributed by atoms with Gasteiger partial charge in [0, 0.05) is 13.0 Å². The number of hydrogen-bond acceptors (Lipinski definition) is 3. The van der Waals surface area contributed by atoms with E-state index in [0.717, 1.165) is 35.2 Å². The number of carbonyl (C=O) groups is 1. The first kappa shape index (κ1) is 12.3. The topological polar surface area (TPSA) is 33.2 Å². The van der Waals surface area contributed by atoms with E-state index in [4.69, 9.17) is 0 Å². The summed E-state index contributed by atoms with van der Waals surface area (Å²) in [4.78, 5) is 18.9. The third-order valence-electron chi connectivity index (χ3n) is 4.68. The standard InChI is InChI=1S/C16H18N2OS/c1-18(16(19)12-7-10-6-11(10)8-12)9-15-17-13-4-2-3-5-14(13)20-15/h2-5,10-12H,6-9H2,1H3. The minimum atomic E-state index is 0.276. The number of benzene rings is 1. The van der Waals surface area contributed by atoms with Crippen molar-refractivity contribution in [2.75, 3.05) is 7.05 Å². The van der Waals surface area contributed by atoms with Gasteiger partial charge in [0.2, 0.25) is 5.91 Å². The summed E-state index contributed by atoms with van der Waals surface area (Å²) >= 11 is 1.69. The number of rotatable bonds is 3. The summed E-state index contributed by atoms with van der Waals surface area (Å²) in [5, 5.41) is 1.03. The van der Waals surface area contributed by atoms with Gasteiger partial charge in [0.1, 0.15) is 5.01 Å². The molecule has 0 aliphatic heterocycles. The molecule has 2 saturated carbocycles. The molecule has 1 heterocycles. The lowest BCUT2D eigenvalue weighted by atomic mass is 10.0. The zero-order valence-electron chi connectivity index (χ0n) is 11.6. The molecule has 0 N–H and O–H groups in total. The average molecular weight is 286 g/mol. The quantitative estimate of drug-likeness (QED) is 0.867. The molecule has 2 aromatic rings. The van der Waals surface area contributed by atoms with Crippen molar-refractivity contribution in [1.82, 2.24) is 9.88 Å². The van der Waals surface area contributed by atoms with E-state index in [1.54, 1.807) is 11.3 Å². The lowest BCUT2D eigenvalue weighted by molar-refractivity contribution is -0.134. The normalized spacial score (nSPS) is 27.6. The molecular formula is C16H18N2OS. The first-order chi connectivity index (χ1) is 9.70. The summed E-state index contributed by atoms with van der Waals surface area (Å²) in [6, 6.07) is 8.15. The van der Waals surface area contributed by atoms with Gasteiger partial charge in [-0.1, -0.05) is 12.1 Å². The Bertz CT molecular complexity index is 622. The van der Waals surface area contributed by atoms with Gasteiger partial charge in [0.05, 0.1) is 16.8 Å². The monoisotopic (exact) mass is 286 g/mol. The predicted octanol–water partition coefficient (Wildman–Crippen LogP) is 3.30. The molecule has 4 rings (SSSR count). The second-order valence-corrected chi connectivity index (χ2v) is 7.31. The number of carbonyl (C=O) groups excluding carboxylic acids is 1. The molecule has 2 aliphatic rings. The molecule has 4 heteroatoms. The van der Waals surface area contributed by atoms with Gasteiger partial charge in [-0.25, -0.2) is 4.98 Å². The molecular weight excluding hydrogens is 268 g/mol. The van der Waals surface area contributed by atoms with E-state index in [2.05, 4.69) is 11.1 Å². The summed E-state index contributed by atoms with van der Waals surface area (Å²) < 4.78 is 1.20. The molecule has 0 spiro atoms. The van der Waals surface area contributed by atoms with Crippen molar-refractivity contribution in [2.24, 2.45) is 17.8 Å². The highest BCUT2D eigenvalue weighted by molar-refractivity contribution is 7.18. The fraction of sp³-hybridized carbons (Fsp3) is 0.500. The summed E-state index contributed by atoms with van der Waals surface area (Å²) in [5.74, 6) is 2.31.